The molecule has 1 unspecified atom stereocenters. The highest BCUT2D eigenvalue weighted by Gasteiger charge is 2.17. The molecule has 29 heavy (non-hydrogen) atoms. The number of aliphatic imine (C=N–C) groups is 1. The minimum absolute atomic E-state index is 0.241. The quantitative estimate of drug-likeness (QED) is 0.406. The van der Waals surface area contributed by atoms with Crippen LogP contribution < -0.4 is 10.6 Å². The van der Waals surface area contributed by atoms with Crippen molar-refractivity contribution in [3.63, 3.8) is 0 Å². The lowest BCUT2D eigenvalue weighted by Crippen LogP contribution is -2.41. The molecule has 1 aromatic heterocycles. The van der Waals surface area contributed by atoms with Crippen molar-refractivity contribution in [2.24, 2.45) is 4.99 Å². The van der Waals surface area contributed by atoms with E-state index >= 15 is 0 Å². The highest BCUT2D eigenvalue weighted by molar-refractivity contribution is 5.79. The number of aromatic nitrogens is 2. The van der Waals surface area contributed by atoms with Crippen LogP contribution in [0.15, 0.2) is 41.5 Å². The summed E-state index contributed by atoms with van der Waals surface area (Å²) < 4.78 is 14.8. The zero-order chi connectivity index (χ0) is 20.5. The maximum absolute atomic E-state index is 13.0. The van der Waals surface area contributed by atoms with Crippen LogP contribution in [0, 0.1) is 5.82 Å². The van der Waals surface area contributed by atoms with E-state index in [-0.39, 0.29) is 5.82 Å². The SMILES string of the molecule is CN=C(NCCCN1CCCCC1C)NCCc1ccn(-c2ccc(F)cc2)n1. The number of hydrogen-bond acceptors (Lipinski definition) is 3. The van der Waals surface area contributed by atoms with Gasteiger partial charge in [-0.15, -0.1) is 0 Å². The predicted molar refractivity (Wildman–Crippen MR) is 116 cm³/mol. The molecule has 2 aromatic rings. The summed E-state index contributed by atoms with van der Waals surface area (Å²) in [5.41, 5.74) is 1.84. The molecule has 7 heteroatoms. The second kappa shape index (κ2) is 11.0. The molecule has 2 heterocycles. The fourth-order valence-corrected chi connectivity index (χ4v) is 3.74. The van der Waals surface area contributed by atoms with Gasteiger partial charge in [0.1, 0.15) is 5.82 Å². The van der Waals surface area contributed by atoms with Gasteiger partial charge in [0.05, 0.1) is 11.4 Å². The van der Waals surface area contributed by atoms with Gasteiger partial charge in [-0.1, -0.05) is 6.42 Å². The highest BCUT2D eigenvalue weighted by Crippen LogP contribution is 2.16. The van der Waals surface area contributed by atoms with E-state index in [9.17, 15) is 4.39 Å². The van der Waals surface area contributed by atoms with Crippen LogP contribution in [0.2, 0.25) is 0 Å². The number of benzene rings is 1. The fourth-order valence-electron chi connectivity index (χ4n) is 3.74. The highest BCUT2D eigenvalue weighted by atomic mass is 19.1. The summed E-state index contributed by atoms with van der Waals surface area (Å²) in [6.07, 6.45) is 7.84. The van der Waals surface area contributed by atoms with Crippen molar-refractivity contribution in [1.29, 1.82) is 0 Å². The Balaban J connectivity index is 1.35. The Hall–Kier alpha value is -2.41. The van der Waals surface area contributed by atoms with E-state index in [4.69, 9.17) is 0 Å². The van der Waals surface area contributed by atoms with Crippen molar-refractivity contribution >= 4 is 5.96 Å². The van der Waals surface area contributed by atoms with Crippen molar-refractivity contribution in [2.75, 3.05) is 33.2 Å². The number of nitrogens with zero attached hydrogens (tertiary/aromatic N) is 4. The molecule has 0 amide bonds. The maximum Gasteiger partial charge on any atom is 0.190 e. The van der Waals surface area contributed by atoms with Crippen molar-refractivity contribution < 1.29 is 4.39 Å². The minimum atomic E-state index is -0.241. The van der Waals surface area contributed by atoms with Gasteiger partial charge in [-0.05, 0) is 63.1 Å². The van der Waals surface area contributed by atoms with E-state index in [0.29, 0.717) is 0 Å². The molecule has 1 aliphatic heterocycles. The number of likely N-dealkylation sites (tertiary alicyclic amines) is 1. The van der Waals surface area contributed by atoms with Crippen LogP contribution in [0.25, 0.3) is 5.69 Å². The van der Waals surface area contributed by atoms with Crippen LogP contribution in [-0.2, 0) is 6.42 Å². The van der Waals surface area contributed by atoms with Gasteiger partial charge in [-0.2, -0.15) is 5.10 Å². The van der Waals surface area contributed by atoms with Crippen LogP contribution in [0.4, 0.5) is 4.39 Å². The van der Waals surface area contributed by atoms with Crippen molar-refractivity contribution in [3.8, 4) is 5.69 Å². The third-order valence-corrected chi connectivity index (χ3v) is 5.49. The molecule has 0 spiro atoms. The number of guanidine groups is 1. The number of halogens is 1. The molecular weight excluding hydrogens is 367 g/mol. The van der Waals surface area contributed by atoms with E-state index in [1.807, 2.05) is 12.3 Å². The summed E-state index contributed by atoms with van der Waals surface area (Å²) in [4.78, 5) is 6.90. The van der Waals surface area contributed by atoms with Gasteiger partial charge >= 0.3 is 0 Å². The first-order valence-electron chi connectivity index (χ1n) is 10.6. The lowest BCUT2D eigenvalue weighted by Gasteiger charge is -2.33. The van der Waals surface area contributed by atoms with Gasteiger partial charge in [0.15, 0.2) is 5.96 Å². The maximum atomic E-state index is 13.0. The van der Waals surface area contributed by atoms with Crippen LogP contribution in [-0.4, -0.2) is 59.9 Å². The van der Waals surface area contributed by atoms with Crippen LogP contribution >= 0.6 is 0 Å². The molecule has 1 aromatic carbocycles. The molecule has 1 aliphatic rings. The van der Waals surface area contributed by atoms with E-state index < -0.39 is 0 Å². The fraction of sp³-hybridized carbons (Fsp3) is 0.545. The topological polar surface area (TPSA) is 57.5 Å². The zero-order valence-electron chi connectivity index (χ0n) is 17.6. The summed E-state index contributed by atoms with van der Waals surface area (Å²) in [6, 6.07) is 9.04. The third kappa shape index (κ3) is 6.56. The Bertz CT molecular complexity index is 770. The molecular formula is C22H33FN6. The first-order valence-corrected chi connectivity index (χ1v) is 10.6. The second-order valence-electron chi connectivity index (χ2n) is 7.64. The standard InChI is InChI=1S/C22H33FN6/c1-18-6-3-4-15-28(18)16-5-13-25-22(24-2)26-14-11-20-12-17-29(27-20)21-9-7-19(23)8-10-21/h7-10,12,17-18H,3-6,11,13-16H2,1-2H3,(H2,24,25,26). The Labute approximate surface area is 173 Å². The Morgan fingerprint density at radius 2 is 1.97 bits per heavy atom. The number of nitrogens with one attached hydrogen (secondary N) is 2. The Morgan fingerprint density at radius 3 is 2.72 bits per heavy atom. The summed E-state index contributed by atoms with van der Waals surface area (Å²) in [5.74, 6) is 0.587. The van der Waals surface area contributed by atoms with Crippen LogP contribution in [0.3, 0.4) is 0 Å². The first kappa shape index (κ1) is 21.3. The molecule has 3 rings (SSSR count). The summed E-state index contributed by atoms with van der Waals surface area (Å²) in [7, 11) is 1.80. The average Bonchev–Trinajstić information content (AvgIpc) is 3.20. The van der Waals surface area contributed by atoms with Gasteiger partial charge in [0.2, 0.25) is 0 Å². The summed E-state index contributed by atoms with van der Waals surface area (Å²) in [6.45, 7) is 6.39. The molecule has 2 N–H and O–H groups in total. The molecule has 0 saturated carbocycles. The molecule has 1 atom stereocenters. The van der Waals surface area contributed by atoms with Gasteiger partial charge in [0.25, 0.3) is 0 Å². The van der Waals surface area contributed by atoms with E-state index in [2.05, 4.69) is 32.5 Å². The second-order valence-corrected chi connectivity index (χ2v) is 7.64. The third-order valence-electron chi connectivity index (χ3n) is 5.49. The molecule has 6 nitrogen and oxygen atoms in total. The number of hydrogen-bond donors (Lipinski definition) is 2. The van der Waals surface area contributed by atoms with Crippen LogP contribution in [0.5, 0.6) is 0 Å². The smallest absolute Gasteiger partial charge is 0.190 e. The molecule has 1 fully saturated rings. The number of piperidine rings is 1. The molecule has 0 aliphatic carbocycles. The Kier molecular flexibility index (Phi) is 8.04. The van der Waals surface area contributed by atoms with Crippen molar-refractivity contribution in [3.05, 3.63) is 48.0 Å². The Morgan fingerprint density at radius 1 is 1.17 bits per heavy atom. The van der Waals surface area contributed by atoms with Gasteiger partial charge in [-0.25, -0.2) is 9.07 Å². The summed E-state index contributed by atoms with van der Waals surface area (Å²) in [5, 5.41) is 11.3. The van der Waals surface area contributed by atoms with Gasteiger partial charge in [0, 0.05) is 45.3 Å². The van der Waals surface area contributed by atoms with E-state index in [1.165, 1.54) is 37.9 Å². The lowest BCUT2D eigenvalue weighted by molar-refractivity contribution is 0.159. The zero-order valence-corrected chi connectivity index (χ0v) is 17.6. The lowest BCUT2D eigenvalue weighted by atomic mass is 10.0. The van der Waals surface area contributed by atoms with Gasteiger partial charge < -0.3 is 15.5 Å². The number of rotatable bonds is 8. The van der Waals surface area contributed by atoms with Crippen molar-refractivity contribution in [2.45, 2.75) is 45.1 Å². The normalized spacial score (nSPS) is 18.0. The largest absolute Gasteiger partial charge is 0.356 e. The van der Waals surface area contributed by atoms with E-state index in [0.717, 1.165) is 55.9 Å². The first-order chi connectivity index (χ1) is 14.2. The minimum Gasteiger partial charge on any atom is -0.356 e. The van der Waals surface area contributed by atoms with Crippen LogP contribution in [0.1, 0.15) is 38.3 Å². The van der Waals surface area contributed by atoms with Gasteiger partial charge in [-0.3, -0.25) is 4.99 Å². The average molecular weight is 401 g/mol. The molecule has 158 valence electrons. The predicted octanol–water partition coefficient (Wildman–Crippen LogP) is 2.98. The monoisotopic (exact) mass is 400 g/mol. The summed E-state index contributed by atoms with van der Waals surface area (Å²) >= 11 is 0. The molecule has 0 radical (unpaired) electrons. The van der Waals surface area contributed by atoms with E-state index in [1.54, 1.807) is 23.9 Å². The van der Waals surface area contributed by atoms with Crippen molar-refractivity contribution in [1.82, 2.24) is 25.3 Å². The molecule has 1 saturated heterocycles. The molecule has 0 bridgehead atoms.